The molecule has 0 aromatic heterocycles. The fourth-order valence-electron chi connectivity index (χ4n) is 5.72. The summed E-state index contributed by atoms with van der Waals surface area (Å²) in [5.74, 6) is -5.15. The SMILES string of the molecule is C=C/C=C\[C@H](C)[C@H](OC(N)=O)[C@@H](C)[C@H](O)[C@@H](C)C(=O)N(C)CC(C)C1OC(=O)[C@H](C)[C@@H](O)[C@H](C)[C@@H](O)C[C@H](O)/C=C\C1C. The van der Waals surface area contributed by atoms with E-state index in [0.717, 1.165) is 0 Å². The first-order chi connectivity index (χ1) is 19.9. The number of carbonyl (C=O) groups excluding carboxylic acids is 3. The van der Waals surface area contributed by atoms with E-state index in [-0.39, 0.29) is 36.6 Å². The van der Waals surface area contributed by atoms with Gasteiger partial charge in [-0.1, -0.05) is 78.5 Å². The molecule has 11 nitrogen and oxygen atoms in total. The predicted octanol–water partition coefficient (Wildman–Crippen LogP) is 2.42. The number of carbonyl (C=O) groups is 3. The lowest BCUT2D eigenvalue weighted by Crippen LogP contribution is -2.47. The van der Waals surface area contributed by atoms with E-state index in [2.05, 4.69) is 6.58 Å². The van der Waals surface area contributed by atoms with Crippen LogP contribution in [0.4, 0.5) is 4.79 Å². The Morgan fingerprint density at radius 3 is 2.33 bits per heavy atom. The van der Waals surface area contributed by atoms with Crippen LogP contribution in [0.15, 0.2) is 37.0 Å². The molecule has 1 rings (SSSR count). The number of rotatable bonds is 11. The first-order valence-corrected chi connectivity index (χ1v) is 15.1. The minimum absolute atomic E-state index is 0.00791. The number of nitrogens with two attached hydrogens (primary N) is 1. The third-order valence-electron chi connectivity index (χ3n) is 8.70. The number of nitrogens with zero attached hydrogens (tertiary/aromatic N) is 1. The Kier molecular flexibility index (Phi) is 15.6. The highest BCUT2D eigenvalue weighted by Gasteiger charge is 2.39. The van der Waals surface area contributed by atoms with Crippen molar-refractivity contribution in [3.05, 3.63) is 37.0 Å². The Bertz CT molecular complexity index is 986. The summed E-state index contributed by atoms with van der Waals surface area (Å²) in [5.41, 5.74) is 5.28. The number of allylic oxidation sites excluding steroid dienone is 2. The van der Waals surface area contributed by atoms with Gasteiger partial charge in [-0.2, -0.15) is 0 Å². The Hall–Kier alpha value is -2.73. The van der Waals surface area contributed by atoms with Crippen LogP contribution in [0.5, 0.6) is 0 Å². The number of aliphatic hydroxyl groups is 4. The molecule has 0 radical (unpaired) electrons. The molecule has 0 fully saturated rings. The number of aliphatic hydroxyl groups excluding tert-OH is 4. The van der Waals surface area contributed by atoms with Gasteiger partial charge in [0.2, 0.25) is 5.91 Å². The molecule has 1 heterocycles. The van der Waals surface area contributed by atoms with Gasteiger partial charge in [0, 0.05) is 49.6 Å². The van der Waals surface area contributed by atoms with E-state index in [1.807, 2.05) is 13.8 Å². The molecule has 43 heavy (non-hydrogen) atoms. The van der Waals surface area contributed by atoms with Crippen LogP contribution >= 0.6 is 0 Å². The lowest BCUT2D eigenvalue weighted by atomic mass is 9.83. The van der Waals surface area contributed by atoms with Gasteiger partial charge < -0.3 is 40.5 Å². The maximum Gasteiger partial charge on any atom is 0.404 e. The molecule has 0 saturated carbocycles. The summed E-state index contributed by atoms with van der Waals surface area (Å²) in [4.78, 5) is 39.5. The van der Waals surface area contributed by atoms with Crippen LogP contribution < -0.4 is 5.73 Å². The second-order valence-corrected chi connectivity index (χ2v) is 12.4. The number of hydrogen-bond acceptors (Lipinski definition) is 9. The molecule has 0 spiro atoms. The number of primary amides is 1. The molecule has 0 aromatic carbocycles. The second-order valence-electron chi connectivity index (χ2n) is 12.4. The molecule has 0 aliphatic carbocycles. The Labute approximate surface area is 256 Å². The summed E-state index contributed by atoms with van der Waals surface area (Å²) < 4.78 is 11.2. The van der Waals surface area contributed by atoms with Crippen molar-refractivity contribution in [2.45, 2.75) is 91.5 Å². The van der Waals surface area contributed by atoms with Crippen molar-refractivity contribution < 1.29 is 44.3 Å². The Morgan fingerprint density at radius 2 is 1.77 bits per heavy atom. The van der Waals surface area contributed by atoms with E-state index >= 15 is 0 Å². The molecule has 2 amide bonds. The minimum Gasteiger partial charge on any atom is -0.461 e. The minimum atomic E-state index is -1.18. The van der Waals surface area contributed by atoms with Crippen LogP contribution in [-0.4, -0.2) is 93.5 Å². The predicted molar refractivity (Wildman–Crippen MR) is 163 cm³/mol. The van der Waals surface area contributed by atoms with Crippen LogP contribution in [0.1, 0.15) is 54.9 Å². The highest BCUT2D eigenvalue weighted by molar-refractivity contribution is 5.79. The zero-order valence-corrected chi connectivity index (χ0v) is 26.9. The largest absolute Gasteiger partial charge is 0.461 e. The van der Waals surface area contributed by atoms with Gasteiger partial charge in [-0.15, -0.1) is 0 Å². The van der Waals surface area contributed by atoms with Gasteiger partial charge in [-0.3, -0.25) is 9.59 Å². The zero-order valence-electron chi connectivity index (χ0n) is 26.9. The highest BCUT2D eigenvalue weighted by atomic mass is 16.6. The molecule has 3 unspecified atom stereocenters. The van der Waals surface area contributed by atoms with Crippen LogP contribution in [0.3, 0.4) is 0 Å². The maximum atomic E-state index is 13.4. The van der Waals surface area contributed by atoms with Gasteiger partial charge in [0.1, 0.15) is 12.2 Å². The topological polar surface area (TPSA) is 180 Å². The van der Waals surface area contributed by atoms with Gasteiger partial charge in [0.25, 0.3) is 0 Å². The summed E-state index contributed by atoms with van der Waals surface area (Å²) in [6, 6.07) is 0. The molecule has 0 aromatic rings. The summed E-state index contributed by atoms with van der Waals surface area (Å²) >= 11 is 0. The second kappa shape index (κ2) is 17.5. The lowest BCUT2D eigenvalue weighted by Gasteiger charge is -2.36. The molecule has 13 atom stereocenters. The number of hydrogen-bond donors (Lipinski definition) is 5. The van der Waals surface area contributed by atoms with E-state index in [1.54, 1.807) is 59.0 Å². The monoisotopic (exact) mass is 610 g/mol. The van der Waals surface area contributed by atoms with Crippen molar-refractivity contribution in [3.8, 4) is 0 Å². The molecule has 11 heteroatoms. The molecule has 246 valence electrons. The highest BCUT2D eigenvalue weighted by Crippen LogP contribution is 2.29. The number of esters is 1. The molecule has 1 aliphatic rings. The van der Waals surface area contributed by atoms with Crippen molar-refractivity contribution in [2.75, 3.05) is 13.6 Å². The van der Waals surface area contributed by atoms with Crippen molar-refractivity contribution in [1.82, 2.24) is 4.90 Å². The van der Waals surface area contributed by atoms with Gasteiger partial charge in [-0.05, 0) is 6.92 Å². The van der Waals surface area contributed by atoms with Gasteiger partial charge in [0.05, 0.1) is 36.3 Å². The number of cyclic esters (lactones) is 1. The Balaban J connectivity index is 3.13. The molecular weight excluding hydrogens is 556 g/mol. The third kappa shape index (κ3) is 11.0. The van der Waals surface area contributed by atoms with E-state index in [4.69, 9.17) is 15.2 Å². The van der Waals surface area contributed by atoms with E-state index in [9.17, 15) is 34.8 Å². The molecule has 1 aliphatic heterocycles. The average Bonchev–Trinajstić information content (AvgIpc) is 2.96. The van der Waals surface area contributed by atoms with Gasteiger partial charge >= 0.3 is 12.1 Å². The van der Waals surface area contributed by atoms with Gasteiger partial charge in [0.15, 0.2) is 0 Å². The van der Waals surface area contributed by atoms with Crippen molar-refractivity contribution in [3.63, 3.8) is 0 Å². The Morgan fingerprint density at radius 1 is 1.16 bits per heavy atom. The maximum absolute atomic E-state index is 13.4. The summed E-state index contributed by atoms with van der Waals surface area (Å²) in [5, 5.41) is 42.7. The van der Waals surface area contributed by atoms with E-state index < -0.39 is 72.4 Å². The van der Waals surface area contributed by atoms with E-state index in [1.165, 1.54) is 17.9 Å². The standard InChI is InChI=1S/C32H54N2O9/c1-10-11-12-17(2)29(43-32(33)41)21(6)27(38)22(7)30(39)34(9)16-19(4)28-18(3)13-14-24(35)15-25(36)20(5)26(37)23(8)31(40)42-28/h10-14,17-29,35-38H,1,15-16H2,2-9H3,(H2,33,41)/b12-11-,14-13-/t17-,18?,19?,20+,21-,22+,23+,24+,25-,26-,27-,28?,29-/m0/s1. The molecule has 6 N–H and O–H groups in total. The summed E-state index contributed by atoms with van der Waals surface area (Å²) in [6.45, 7) is 15.7. The zero-order chi connectivity index (χ0) is 33.2. The third-order valence-corrected chi connectivity index (χ3v) is 8.70. The van der Waals surface area contributed by atoms with Crippen molar-refractivity contribution in [2.24, 2.45) is 47.2 Å². The molecule has 0 saturated heterocycles. The summed E-state index contributed by atoms with van der Waals surface area (Å²) in [6.07, 6.45) is 1.50. The fraction of sp³-hybridized carbons (Fsp3) is 0.719. The van der Waals surface area contributed by atoms with Crippen LogP contribution in [0.2, 0.25) is 0 Å². The average molecular weight is 611 g/mol. The van der Waals surface area contributed by atoms with Crippen LogP contribution in [0, 0.1) is 41.4 Å². The number of ether oxygens (including phenoxy) is 2. The van der Waals surface area contributed by atoms with Crippen LogP contribution in [0.25, 0.3) is 0 Å². The van der Waals surface area contributed by atoms with Gasteiger partial charge in [-0.25, -0.2) is 4.79 Å². The lowest BCUT2D eigenvalue weighted by molar-refractivity contribution is -0.165. The first-order valence-electron chi connectivity index (χ1n) is 15.1. The quantitative estimate of drug-likeness (QED) is 0.133. The molecular formula is C32H54N2O9. The van der Waals surface area contributed by atoms with E-state index in [0.29, 0.717) is 0 Å². The number of amides is 2. The van der Waals surface area contributed by atoms with Crippen molar-refractivity contribution >= 4 is 18.0 Å². The summed E-state index contributed by atoms with van der Waals surface area (Å²) in [7, 11) is 1.59. The molecule has 0 bridgehead atoms. The smallest absolute Gasteiger partial charge is 0.404 e. The van der Waals surface area contributed by atoms with Crippen LogP contribution in [-0.2, 0) is 19.1 Å². The fourth-order valence-corrected chi connectivity index (χ4v) is 5.72. The van der Waals surface area contributed by atoms with Crippen molar-refractivity contribution in [1.29, 1.82) is 0 Å². The normalized spacial score (nSPS) is 32.1. The first kappa shape index (κ1) is 38.3.